The van der Waals surface area contributed by atoms with Crippen molar-refractivity contribution in [1.29, 1.82) is 0 Å². The lowest BCUT2D eigenvalue weighted by molar-refractivity contribution is 1.10. The maximum Gasteiger partial charge on any atom is 0.131 e. The molecule has 5 nitrogen and oxygen atoms in total. The summed E-state index contributed by atoms with van der Waals surface area (Å²) in [6.07, 6.45) is 3.30. The average molecular weight is 221 g/mol. The number of nitrogen functional groups attached to an aromatic ring is 1. The Morgan fingerprint density at radius 1 is 1.40 bits per heavy atom. The molecule has 2 rings (SSSR count). The zero-order valence-electron chi connectivity index (χ0n) is 8.27. The number of nitrogens with one attached hydrogen (secondary N) is 1. The summed E-state index contributed by atoms with van der Waals surface area (Å²) in [5.74, 6) is 1.20. The van der Waals surface area contributed by atoms with Crippen molar-refractivity contribution in [1.82, 2.24) is 15.0 Å². The zero-order valence-corrected chi connectivity index (χ0v) is 9.08. The third-order valence-electron chi connectivity index (χ3n) is 1.80. The highest BCUT2D eigenvalue weighted by molar-refractivity contribution is 7.11. The molecule has 0 aliphatic heterocycles. The summed E-state index contributed by atoms with van der Waals surface area (Å²) >= 11 is 1.66. The third-order valence-corrected chi connectivity index (χ3v) is 2.71. The molecular weight excluding hydrogens is 210 g/mol. The summed E-state index contributed by atoms with van der Waals surface area (Å²) in [7, 11) is 0. The molecule has 0 aromatic carbocycles. The van der Waals surface area contributed by atoms with Crippen LogP contribution in [0.2, 0.25) is 0 Å². The number of thiazole rings is 1. The van der Waals surface area contributed by atoms with E-state index in [1.165, 1.54) is 11.2 Å². The van der Waals surface area contributed by atoms with Crippen LogP contribution >= 0.6 is 11.3 Å². The quantitative estimate of drug-likeness (QED) is 0.820. The van der Waals surface area contributed by atoms with Crippen molar-refractivity contribution in [2.75, 3.05) is 11.1 Å². The van der Waals surface area contributed by atoms with Gasteiger partial charge in [-0.05, 0) is 6.92 Å². The first kappa shape index (κ1) is 9.85. The number of anilines is 2. The van der Waals surface area contributed by atoms with Crippen LogP contribution in [0.15, 0.2) is 18.6 Å². The molecule has 0 atom stereocenters. The van der Waals surface area contributed by atoms with Crippen molar-refractivity contribution in [2.24, 2.45) is 0 Å². The highest BCUT2D eigenvalue weighted by atomic mass is 32.1. The Morgan fingerprint density at radius 2 is 2.27 bits per heavy atom. The predicted octanol–water partition coefficient (Wildman–Crippen LogP) is 1.44. The van der Waals surface area contributed by atoms with Gasteiger partial charge in [0.1, 0.15) is 18.0 Å². The average Bonchev–Trinajstić information content (AvgIpc) is 2.62. The van der Waals surface area contributed by atoms with E-state index in [2.05, 4.69) is 20.3 Å². The predicted molar refractivity (Wildman–Crippen MR) is 60.6 cm³/mol. The van der Waals surface area contributed by atoms with E-state index in [-0.39, 0.29) is 0 Å². The fourth-order valence-corrected chi connectivity index (χ4v) is 1.87. The number of hydrogen-bond acceptors (Lipinski definition) is 6. The molecule has 0 bridgehead atoms. The third kappa shape index (κ3) is 2.63. The lowest BCUT2D eigenvalue weighted by Crippen LogP contribution is -2.01. The first-order valence-electron chi connectivity index (χ1n) is 4.47. The monoisotopic (exact) mass is 221 g/mol. The van der Waals surface area contributed by atoms with Gasteiger partial charge in [-0.25, -0.2) is 15.0 Å². The van der Waals surface area contributed by atoms with Crippen LogP contribution in [-0.4, -0.2) is 15.0 Å². The highest BCUT2D eigenvalue weighted by Crippen LogP contribution is 2.13. The minimum absolute atomic E-state index is 0.466. The Morgan fingerprint density at radius 3 is 2.93 bits per heavy atom. The first-order chi connectivity index (χ1) is 7.24. The van der Waals surface area contributed by atoms with Crippen LogP contribution in [0.4, 0.5) is 11.6 Å². The van der Waals surface area contributed by atoms with Crippen LogP contribution in [0.5, 0.6) is 0 Å². The largest absolute Gasteiger partial charge is 0.384 e. The molecule has 0 aliphatic rings. The number of rotatable bonds is 3. The molecule has 0 fully saturated rings. The Bertz CT molecular complexity index is 453. The van der Waals surface area contributed by atoms with Crippen LogP contribution in [0.25, 0.3) is 0 Å². The molecule has 15 heavy (non-hydrogen) atoms. The molecule has 2 heterocycles. The SMILES string of the molecule is Cc1ncc(CNc2cc(N)ncn2)s1. The van der Waals surface area contributed by atoms with E-state index >= 15 is 0 Å². The normalized spacial score (nSPS) is 10.2. The van der Waals surface area contributed by atoms with Gasteiger partial charge in [-0.15, -0.1) is 11.3 Å². The smallest absolute Gasteiger partial charge is 0.131 e. The van der Waals surface area contributed by atoms with E-state index in [9.17, 15) is 0 Å². The minimum Gasteiger partial charge on any atom is -0.384 e. The molecular formula is C9H11N5S. The maximum absolute atomic E-state index is 5.53. The van der Waals surface area contributed by atoms with Gasteiger partial charge in [0.05, 0.1) is 11.6 Å². The van der Waals surface area contributed by atoms with Crippen molar-refractivity contribution in [3.63, 3.8) is 0 Å². The molecule has 78 valence electrons. The minimum atomic E-state index is 0.466. The van der Waals surface area contributed by atoms with Gasteiger partial charge >= 0.3 is 0 Å². The highest BCUT2D eigenvalue weighted by Gasteiger charge is 1.99. The van der Waals surface area contributed by atoms with E-state index in [0.717, 1.165) is 10.8 Å². The summed E-state index contributed by atoms with van der Waals surface area (Å²) in [5.41, 5.74) is 5.53. The van der Waals surface area contributed by atoms with Gasteiger partial charge in [-0.1, -0.05) is 0 Å². The molecule has 0 aliphatic carbocycles. The lowest BCUT2D eigenvalue weighted by atomic mass is 10.5. The second-order valence-corrected chi connectivity index (χ2v) is 4.35. The van der Waals surface area contributed by atoms with Gasteiger partial charge in [0.25, 0.3) is 0 Å². The summed E-state index contributed by atoms with van der Waals surface area (Å²) in [6.45, 7) is 2.69. The Balaban J connectivity index is 1.99. The molecule has 0 unspecified atom stereocenters. The topological polar surface area (TPSA) is 76.7 Å². The first-order valence-corrected chi connectivity index (χ1v) is 5.28. The Hall–Kier alpha value is -1.69. The van der Waals surface area contributed by atoms with Crippen molar-refractivity contribution >= 4 is 23.0 Å². The second-order valence-electron chi connectivity index (χ2n) is 3.03. The molecule has 3 N–H and O–H groups in total. The molecule has 6 heteroatoms. The van der Waals surface area contributed by atoms with Gasteiger partial charge in [0.15, 0.2) is 0 Å². The summed E-state index contributed by atoms with van der Waals surface area (Å²) in [4.78, 5) is 13.2. The van der Waals surface area contributed by atoms with Crippen LogP contribution in [0, 0.1) is 6.92 Å². The van der Waals surface area contributed by atoms with Crippen LogP contribution in [0.3, 0.4) is 0 Å². The lowest BCUT2D eigenvalue weighted by Gasteiger charge is -2.02. The zero-order chi connectivity index (χ0) is 10.7. The van der Waals surface area contributed by atoms with Crippen LogP contribution in [0.1, 0.15) is 9.88 Å². The fraction of sp³-hybridized carbons (Fsp3) is 0.222. The number of nitrogens with two attached hydrogens (primary N) is 1. The van der Waals surface area contributed by atoms with Crippen LogP contribution < -0.4 is 11.1 Å². The molecule has 0 radical (unpaired) electrons. The number of hydrogen-bond donors (Lipinski definition) is 2. The molecule has 0 saturated carbocycles. The number of aromatic nitrogens is 3. The second kappa shape index (κ2) is 4.22. The molecule has 0 amide bonds. The Labute approximate surface area is 91.4 Å². The van der Waals surface area contributed by atoms with Gasteiger partial charge in [0, 0.05) is 17.1 Å². The summed E-state index contributed by atoms with van der Waals surface area (Å²) in [5, 5.41) is 4.22. The maximum atomic E-state index is 5.53. The fourth-order valence-electron chi connectivity index (χ4n) is 1.13. The number of aryl methyl sites for hydroxylation is 1. The molecule has 2 aromatic heterocycles. The van der Waals surface area contributed by atoms with Gasteiger partial charge in [0.2, 0.25) is 0 Å². The summed E-state index contributed by atoms with van der Waals surface area (Å²) < 4.78 is 0. The summed E-state index contributed by atoms with van der Waals surface area (Å²) in [6, 6.07) is 1.70. The molecule has 0 spiro atoms. The van der Waals surface area contributed by atoms with Crippen molar-refractivity contribution in [3.8, 4) is 0 Å². The van der Waals surface area contributed by atoms with Crippen molar-refractivity contribution in [3.05, 3.63) is 28.5 Å². The molecule has 2 aromatic rings. The molecule has 0 saturated heterocycles. The Kier molecular flexibility index (Phi) is 2.77. The number of nitrogens with zero attached hydrogens (tertiary/aromatic N) is 3. The van der Waals surface area contributed by atoms with Crippen molar-refractivity contribution in [2.45, 2.75) is 13.5 Å². The van der Waals surface area contributed by atoms with E-state index < -0.39 is 0 Å². The van der Waals surface area contributed by atoms with E-state index in [1.54, 1.807) is 17.4 Å². The standard InChI is InChI=1S/C9H11N5S/c1-6-11-3-7(15-6)4-12-9-2-8(10)13-5-14-9/h2-3,5H,4H2,1H3,(H3,10,12,13,14). The van der Waals surface area contributed by atoms with Gasteiger partial charge < -0.3 is 11.1 Å². The van der Waals surface area contributed by atoms with Crippen molar-refractivity contribution < 1.29 is 0 Å². The van der Waals surface area contributed by atoms with Gasteiger partial charge in [-0.3, -0.25) is 0 Å². The van der Waals surface area contributed by atoms with Crippen LogP contribution in [-0.2, 0) is 6.54 Å². The van der Waals surface area contributed by atoms with E-state index in [1.807, 2.05) is 13.1 Å². The van der Waals surface area contributed by atoms with E-state index in [0.29, 0.717) is 12.4 Å². The van der Waals surface area contributed by atoms with E-state index in [4.69, 9.17) is 5.73 Å². The van der Waals surface area contributed by atoms with Gasteiger partial charge in [-0.2, -0.15) is 0 Å².